The van der Waals surface area contributed by atoms with Crippen molar-refractivity contribution in [3.8, 4) is 0 Å². The van der Waals surface area contributed by atoms with Crippen molar-refractivity contribution in [1.29, 1.82) is 0 Å². The summed E-state index contributed by atoms with van der Waals surface area (Å²) in [5.41, 5.74) is -1.01. The molecule has 0 aromatic carbocycles. The van der Waals surface area contributed by atoms with Crippen LogP contribution in [-0.2, 0) is 14.8 Å². The minimum atomic E-state index is -3.23. The molecule has 90 valence electrons. The van der Waals surface area contributed by atoms with Gasteiger partial charge in [-0.1, -0.05) is 13.3 Å². The van der Waals surface area contributed by atoms with Crippen LogP contribution >= 0.6 is 0 Å². The van der Waals surface area contributed by atoms with E-state index in [-0.39, 0.29) is 18.9 Å². The monoisotopic (exact) mass is 237 g/mol. The maximum absolute atomic E-state index is 11.4. The Balaban J connectivity index is 2.35. The standard InChI is InChI=1S/C9H19NO4S/c1-2-3-6-15(12,13)10-7-9(11)4-5-14-8-9/h10-11H,2-8H2,1H3. The van der Waals surface area contributed by atoms with Gasteiger partial charge in [-0.25, -0.2) is 13.1 Å². The van der Waals surface area contributed by atoms with E-state index in [2.05, 4.69) is 4.72 Å². The summed E-state index contributed by atoms with van der Waals surface area (Å²) in [4.78, 5) is 0. The lowest BCUT2D eigenvalue weighted by atomic mass is 10.1. The van der Waals surface area contributed by atoms with Crippen molar-refractivity contribution >= 4 is 10.0 Å². The Morgan fingerprint density at radius 3 is 2.80 bits per heavy atom. The van der Waals surface area contributed by atoms with Gasteiger partial charge in [0.1, 0.15) is 5.60 Å². The third-order valence-electron chi connectivity index (χ3n) is 2.47. The van der Waals surface area contributed by atoms with E-state index in [1.54, 1.807) is 0 Å². The molecular formula is C9H19NO4S. The molecule has 15 heavy (non-hydrogen) atoms. The molecule has 0 saturated carbocycles. The molecule has 1 rings (SSSR count). The van der Waals surface area contributed by atoms with E-state index in [9.17, 15) is 13.5 Å². The third-order valence-corrected chi connectivity index (χ3v) is 3.88. The number of rotatable bonds is 6. The van der Waals surface area contributed by atoms with Crippen LogP contribution in [0.3, 0.4) is 0 Å². The molecule has 6 heteroatoms. The summed E-state index contributed by atoms with van der Waals surface area (Å²) in [5.74, 6) is 0.125. The second-order valence-electron chi connectivity index (χ2n) is 4.02. The van der Waals surface area contributed by atoms with Crippen LogP contribution in [0.2, 0.25) is 0 Å². The Hall–Kier alpha value is -0.170. The van der Waals surface area contributed by atoms with Crippen molar-refractivity contribution in [3.05, 3.63) is 0 Å². The molecule has 2 N–H and O–H groups in total. The number of hydrogen-bond donors (Lipinski definition) is 2. The molecule has 0 radical (unpaired) electrons. The number of nitrogens with one attached hydrogen (secondary N) is 1. The molecule has 1 aliphatic heterocycles. The minimum absolute atomic E-state index is 0.0546. The molecule has 0 aliphatic carbocycles. The Morgan fingerprint density at radius 1 is 1.53 bits per heavy atom. The van der Waals surface area contributed by atoms with E-state index < -0.39 is 15.6 Å². The summed E-state index contributed by atoms with van der Waals surface area (Å²) < 4.78 is 30.3. The Labute approximate surface area is 90.9 Å². The van der Waals surface area contributed by atoms with Crippen LogP contribution in [0.5, 0.6) is 0 Å². The summed E-state index contributed by atoms with van der Waals surface area (Å²) in [5, 5.41) is 9.83. The average molecular weight is 237 g/mol. The first-order valence-corrected chi connectivity index (χ1v) is 6.90. The van der Waals surface area contributed by atoms with Gasteiger partial charge in [0.05, 0.1) is 12.4 Å². The first-order chi connectivity index (χ1) is 6.97. The molecule has 0 aromatic rings. The Morgan fingerprint density at radius 2 is 2.27 bits per heavy atom. The predicted octanol–water partition coefficient (Wildman–Crippen LogP) is -0.143. The van der Waals surface area contributed by atoms with Gasteiger partial charge in [-0.2, -0.15) is 0 Å². The largest absolute Gasteiger partial charge is 0.386 e. The predicted molar refractivity (Wildman–Crippen MR) is 57.1 cm³/mol. The van der Waals surface area contributed by atoms with Gasteiger partial charge in [0.15, 0.2) is 0 Å². The van der Waals surface area contributed by atoms with Gasteiger partial charge in [-0.15, -0.1) is 0 Å². The molecule has 0 spiro atoms. The van der Waals surface area contributed by atoms with Crippen LogP contribution in [-0.4, -0.2) is 44.6 Å². The van der Waals surface area contributed by atoms with E-state index in [4.69, 9.17) is 4.74 Å². The second-order valence-corrected chi connectivity index (χ2v) is 5.95. The normalized spacial score (nSPS) is 27.1. The smallest absolute Gasteiger partial charge is 0.211 e. The van der Waals surface area contributed by atoms with Crippen LogP contribution in [0.25, 0.3) is 0 Å². The summed E-state index contributed by atoms with van der Waals surface area (Å²) in [6.07, 6.45) is 1.97. The first kappa shape index (κ1) is 12.9. The molecule has 1 unspecified atom stereocenters. The van der Waals surface area contributed by atoms with Crippen LogP contribution in [0, 0.1) is 0 Å². The molecule has 1 heterocycles. The Bertz CT molecular complexity index is 282. The zero-order valence-electron chi connectivity index (χ0n) is 9.03. The lowest BCUT2D eigenvalue weighted by Crippen LogP contribution is -2.43. The fourth-order valence-electron chi connectivity index (χ4n) is 1.39. The summed E-state index contributed by atoms with van der Waals surface area (Å²) in [6, 6.07) is 0. The molecule has 1 saturated heterocycles. The van der Waals surface area contributed by atoms with Crippen molar-refractivity contribution in [2.24, 2.45) is 0 Å². The van der Waals surface area contributed by atoms with Crippen LogP contribution in [0.4, 0.5) is 0 Å². The molecule has 0 bridgehead atoms. The van der Waals surface area contributed by atoms with E-state index in [0.29, 0.717) is 19.4 Å². The summed E-state index contributed by atoms with van der Waals surface area (Å²) >= 11 is 0. The minimum Gasteiger partial charge on any atom is -0.386 e. The van der Waals surface area contributed by atoms with Crippen molar-refractivity contribution in [1.82, 2.24) is 4.72 Å². The number of ether oxygens (including phenoxy) is 1. The molecule has 1 aliphatic rings. The van der Waals surface area contributed by atoms with Gasteiger partial charge in [0, 0.05) is 19.6 Å². The van der Waals surface area contributed by atoms with Crippen molar-refractivity contribution < 1.29 is 18.3 Å². The maximum Gasteiger partial charge on any atom is 0.211 e. The number of sulfonamides is 1. The molecular weight excluding hydrogens is 218 g/mol. The van der Waals surface area contributed by atoms with Gasteiger partial charge >= 0.3 is 0 Å². The van der Waals surface area contributed by atoms with Crippen molar-refractivity contribution in [3.63, 3.8) is 0 Å². The zero-order chi connectivity index (χ0) is 11.4. The first-order valence-electron chi connectivity index (χ1n) is 5.25. The lowest BCUT2D eigenvalue weighted by Gasteiger charge is -2.20. The fraction of sp³-hybridized carbons (Fsp3) is 1.00. The molecule has 1 atom stereocenters. The maximum atomic E-state index is 11.4. The third kappa shape index (κ3) is 4.46. The molecule has 1 fully saturated rings. The topological polar surface area (TPSA) is 75.6 Å². The van der Waals surface area contributed by atoms with Gasteiger partial charge in [0.2, 0.25) is 10.0 Å². The highest BCUT2D eigenvalue weighted by Crippen LogP contribution is 2.17. The number of unbranched alkanes of at least 4 members (excludes halogenated alkanes) is 1. The van der Waals surface area contributed by atoms with Crippen LogP contribution in [0.1, 0.15) is 26.2 Å². The highest BCUT2D eigenvalue weighted by Gasteiger charge is 2.33. The highest BCUT2D eigenvalue weighted by molar-refractivity contribution is 7.89. The average Bonchev–Trinajstić information content (AvgIpc) is 2.61. The van der Waals surface area contributed by atoms with Gasteiger partial charge < -0.3 is 9.84 Å². The second kappa shape index (κ2) is 5.25. The van der Waals surface area contributed by atoms with Crippen LogP contribution in [0.15, 0.2) is 0 Å². The SMILES string of the molecule is CCCCS(=O)(=O)NCC1(O)CCOC1. The molecule has 0 amide bonds. The lowest BCUT2D eigenvalue weighted by molar-refractivity contribution is 0.0314. The number of aliphatic hydroxyl groups is 1. The van der Waals surface area contributed by atoms with E-state index in [1.165, 1.54) is 0 Å². The van der Waals surface area contributed by atoms with Crippen molar-refractivity contribution in [2.75, 3.05) is 25.5 Å². The number of hydrogen-bond acceptors (Lipinski definition) is 4. The van der Waals surface area contributed by atoms with Gasteiger partial charge in [-0.05, 0) is 6.42 Å². The molecule has 0 aromatic heterocycles. The van der Waals surface area contributed by atoms with Gasteiger partial charge in [-0.3, -0.25) is 0 Å². The summed E-state index contributed by atoms with van der Waals surface area (Å²) in [7, 11) is -3.23. The van der Waals surface area contributed by atoms with E-state index in [0.717, 1.165) is 6.42 Å². The Kier molecular flexibility index (Phi) is 4.51. The van der Waals surface area contributed by atoms with E-state index >= 15 is 0 Å². The fourth-order valence-corrected chi connectivity index (χ4v) is 2.69. The van der Waals surface area contributed by atoms with E-state index in [1.807, 2.05) is 6.92 Å². The summed E-state index contributed by atoms with van der Waals surface area (Å²) in [6.45, 7) is 2.70. The van der Waals surface area contributed by atoms with Crippen LogP contribution < -0.4 is 4.72 Å². The zero-order valence-corrected chi connectivity index (χ0v) is 9.85. The van der Waals surface area contributed by atoms with Crippen molar-refractivity contribution in [2.45, 2.75) is 31.8 Å². The van der Waals surface area contributed by atoms with Gasteiger partial charge in [0.25, 0.3) is 0 Å². The molecule has 5 nitrogen and oxygen atoms in total. The quantitative estimate of drug-likeness (QED) is 0.674. The highest BCUT2D eigenvalue weighted by atomic mass is 32.2.